The van der Waals surface area contributed by atoms with E-state index in [0.717, 1.165) is 25.9 Å². The van der Waals surface area contributed by atoms with Crippen LogP contribution in [0.1, 0.15) is 43.5 Å². The first kappa shape index (κ1) is 24.0. The van der Waals surface area contributed by atoms with Gasteiger partial charge in [-0.25, -0.2) is 0 Å². The Balaban J connectivity index is 0.00000392. The maximum atomic E-state index is 12.6. The molecule has 1 aliphatic rings. The fraction of sp³-hybridized carbons (Fsp3) is 0.600. The quantitative estimate of drug-likeness (QED) is 0.706. The highest BCUT2D eigenvalue weighted by atomic mass is 35.5. The number of nitrogens with two attached hydrogens (primary N) is 1. The molecule has 0 aromatic heterocycles. The Morgan fingerprint density at radius 1 is 1.18 bits per heavy atom. The molecule has 1 atom stereocenters. The molecule has 1 saturated heterocycles. The van der Waals surface area contributed by atoms with Gasteiger partial charge in [-0.1, -0.05) is 0 Å². The number of benzene rings is 1. The van der Waals surface area contributed by atoms with Gasteiger partial charge in [0.15, 0.2) is 18.1 Å². The molecular weight excluding hydrogens is 382 g/mol. The van der Waals surface area contributed by atoms with Crippen molar-refractivity contribution in [3.05, 3.63) is 23.8 Å². The highest BCUT2D eigenvalue weighted by Gasteiger charge is 2.20. The third-order valence-corrected chi connectivity index (χ3v) is 4.87. The number of rotatable bonds is 8. The summed E-state index contributed by atoms with van der Waals surface area (Å²) in [6.45, 7) is 6.13. The molecule has 1 unspecified atom stereocenters. The average Bonchev–Trinajstić information content (AvgIpc) is 2.71. The average molecular weight is 414 g/mol. The zero-order valence-corrected chi connectivity index (χ0v) is 17.8. The van der Waals surface area contributed by atoms with Gasteiger partial charge in [-0.05, 0) is 51.3 Å². The van der Waals surface area contributed by atoms with Crippen molar-refractivity contribution in [1.82, 2.24) is 9.80 Å². The number of hydrogen-bond donors (Lipinski definition) is 1. The molecule has 8 heteroatoms. The monoisotopic (exact) mass is 413 g/mol. The van der Waals surface area contributed by atoms with Crippen LogP contribution in [0.2, 0.25) is 0 Å². The van der Waals surface area contributed by atoms with E-state index in [2.05, 4.69) is 0 Å². The van der Waals surface area contributed by atoms with E-state index < -0.39 is 0 Å². The van der Waals surface area contributed by atoms with Gasteiger partial charge in [0.05, 0.1) is 6.61 Å². The fourth-order valence-corrected chi connectivity index (χ4v) is 2.96. The topological polar surface area (TPSA) is 85.1 Å². The molecule has 2 rings (SSSR count). The molecule has 28 heavy (non-hydrogen) atoms. The van der Waals surface area contributed by atoms with Crippen molar-refractivity contribution in [2.24, 2.45) is 5.73 Å². The lowest BCUT2D eigenvalue weighted by Gasteiger charge is -2.27. The minimum absolute atomic E-state index is 0. The van der Waals surface area contributed by atoms with E-state index in [1.54, 1.807) is 30.1 Å². The van der Waals surface area contributed by atoms with Gasteiger partial charge in [0.2, 0.25) is 0 Å². The first-order valence-corrected chi connectivity index (χ1v) is 9.62. The van der Waals surface area contributed by atoms with Gasteiger partial charge in [0.25, 0.3) is 11.8 Å². The second kappa shape index (κ2) is 11.8. The molecule has 2 amide bonds. The van der Waals surface area contributed by atoms with Crippen LogP contribution in [0.25, 0.3) is 0 Å². The molecule has 1 aromatic rings. The number of halogens is 1. The summed E-state index contributed by atoms with van der Waals surface area (Å²) in [6, 6.07) is 4.96. The first-order chi connectivity index (χ1) is 13.0. The summed E-state index contributed by atoms with van der Waals surface area (Å²) >= 11 is 0. The van der Waals surface area contributed by atoms with Crippen LogP contribution in [-0.2, 0) is 4.79 Å². The van der Waals surface area contributed by atoms with Crippen LogP contribution in [0.4, 0.5) is 0 Å². The van der Waals surface area contributed by atoms with Gasteiger partial charge in [-0.15, -0.1) is 12.4 Å². The zero-order chi connectivity index (χ0) is 19.8. The molecular formula is C20H32ClN3O4. The largest absolute Gasteiger partial charge is 0.490 e. The number of likely N-dealkylation sites (tertiary alicyclic amines) is 1. The lowest BCUT2D eigenvalue weighted by molar-refractivity contribution is -0.134. The second-order valence-corrected chi connectivity index (χ2v) is 6.83. The standard InChI is InChI=1S/C20H31N3O4.ClH/c1-4-26-18-12-16(20(25)22(3)15(2)13-21)8-9-17(18)27-14-19(24)23-10-6-5-7-11-23;/h8-9,12,15H,4-7,10-11,13-14,21H2,1-3H3;1H. The Morgan fingerprint density at radius 3 is 2.46 bits per heavy atom. The SMILES string of the molecule is CCOc1cc(C(=O)N(C)C(C)CN)ccc1OCC(=O)N1CCCCC1.Cl. The van der Waals surface area contributed by atoms with E-state index in [0.29, 0.717) is 30.2 Å². The van der Waals surface area contributed by atoms with Crippen LogP contribution in [0.5, 0.6) is 11.5 Å². The Kier molecular flexibility index (Phi) is 10.1. The van der Waals surface area contributed by atoms with Crippen LogP contribution < -0.4 is 15.2 Å². The lowest BCUT2D eigenvalue weighted by atomic mass is 10.1. The molecule has 0 saturated carbocycles. The maximum absolute atomic E-state index is 12.6. The van der Waals surface area contributed by atoms with Crippen LogP contribution >= 0.6 is 12.4 Å². The number of hydrogen-bond acceptors (Lipinski definition) is 5. The summed E-state index contributed by atoms with van der Waals surface area (Å²) in [4.78, 5) is 28.3. The molecule has 158 valence electrons. The van der Waals surface area contributed by atoms with Crippen molar-refractivity contribution < 1.29 is 19.1 Å². The van der Waals surface area contributed by atoms with Gasteiger partial charge in [-0.3, -0.25) is 9.59 Å². The van der Waals surface area contributed by atoms with Crippen molar-refractivity contribution in [2.75, 3.05) is 39.9 Å². The summed E-state index contributed by atoms with van der Waals surface area (Å²) in [5, 5.41) is 0. The number of carbonyl (C=O) groups excluding carboxylic acids is 2. The predicted octanol–water partition coefficient (Wildman–Crippen LogP) is 2.32. The molecule has 1 fully saturated rings. The van der Waals surface area contributed by atoms with Gasteiger partial charge in [0.1, 0.15) is 0 Å². The molecule has 0 aliphatic carbocycles. The van der Waals surface area contributed by atoms with E-state index in [9.17, 15) is 9.59 Å². The summed E-state index contributed by atoms with van der Waals surface area (Å²) in [7, 11) is 1.72. The minimum Gasteiger partial charge on any atom is -0.490 e. The zero-order valence-electron chi connectivity index (χ0n) is 17.0. The maximum Gasteiger partial charge on any atom is 0.260 e. The Hall–Kier alpha value is -1.99. The highest BCUT2D eigenvalue weighted by molar-refractivity contribution is 5.95. The summed E-state index contributed by atoms with van der Waals surface area (Å²) in [6.07, 6.45) is 3.26. The molecule has 1 aliphatic heterocycles. The van der Waals surface area contributed by atoms with Crippen molar-refractivity contribution in [1.29, 1.82) is 0 Å². The molecule has 0 radical (unpaired) electrons. The van der Waals surface area contributed by atoms with E-state index in [-0.39, 0.29) is 36.9 Å². The lowest BCUT2D eigenvalue weighted by Crippen LogP contribution is -2.39. The predicted molar refractivity (Wildman–Crippen MR) is 111 cm³/mol. The highest BCUT2D eigenvalue weighted by Crippen LogP contribution is 2.29. The second-order valence-electron chi connectivity index (χ2n) is 6.83. The van der Waals surface area contributed by atoms with E-state index in [1.165, 1.54) is 6.42 Å². The summed E-state index contributed by atoms with van der Waals surface area (Å²) in [5.41, 5.74) is 6.14. The van der Waals surface area contributed by atoms with E-state index in [1.807, 2.05) is 18.7 Å². The third-order valence-electron chi connectivity index (χ3n) is 4.87. The molecule has 1 aromatic carbocycles. The van der Waals surface area contributed by atoms with Crippen LogP contribution in [0.3, 0.4) is 0 Å². The van der Waals surface area contributed by atoms with Gasteiger partial charge < -0.3 is 25.0 Å². The summed E-state index contributed by atoms with van der Waals surface area (Å²) in [5.74, 6) is 0.774. The summed E-state index contributed by atoms with van der Waals surface area (Å²) < 4.78 is 11.3. The Bertz CT molecular complexity index is 650. The van der Waals surface area contributed by atoms with Gasteiger partial charge >= 0.3 is 0 Å². The van der Waals surface area contributed by atoms with Crippen LogP contribution in [-0.4, -0.2) is 67.6 Å². The minimum atomic E-state index is -0.134. The van der Waals surface area contributed by atoms with E-state index in [4.69, 9.17) is 15.2 Å². The number of nitrogens with zero attached hydrogens (tertiary/aromatic N) is 2. The number of carbonyl (C=O) groups is 2. The van der Waals surface area contributed by atoms with Crippen molar-refractivity contribution in [3.63, 3.8) is 0 Å². The molecule has 1 heterocycles. The smallest absolute Gasteiger partial charge is 0.260 e. The normalized spacial score (nSPS) is 14.6. The number of ether oxygens (including phenoxy) is 2. The van der Waals surface area contributed by atoms with Crippen molar-refractivity contribution >= 4 is 24.2 Å². The van der Waals surface area contributed by atoms with Gasteiger partial charge in [0, 0.05) is 38.3 Å². The van der Waals surface area contributed by atoms with Gasteiger partial charge in [-0.2, -0.15) is 0 Å². The molecule has 0 spiro atoms. The molecule has 0 bridgehead atoms. The Labute approximate surface area is 173 Å². The number of likely N-dealkylation sites (N-methyl/N-ethyl adjacent to an activating group) is 1. The van der Waals surface area contributed by atoms with E-state index >= 15 is 0 Å². The number of piperidine rings is 1. The molecule has 2 N–H and O–H groups in total. The van der Waals surface area contributed by atoms with Crippen LogP contribution in [0.15, 0.2) is 18.2 Å². The first-order valence-electron chi connectivity index (χ1n) is 9.62. The fourth-order valence-electron chi connectivity index (χ4n) is 2.96. The third kappa shape index (κ3) is 6.27. The van der Waals surface area contributed by atoms with Crippen molar-refractivity contribution in [3.8, 4) is 11.5 Å². The van der Waals surface area contributed by atoms with Crippen molar-refractivity contribution in [2.45, 2.75) is 39.2 Å². The number of amides is 2. The Morgan fingerprint density at radius 2 is 1.86 bits per heavy atom. The van der Waals surface area contributed by atoms with Crippen LogP contribution in [0, 0.1) is 0 Å². The molecule has 7 nitrogen and oxygen atoms in total.